The average molecular weight is 458 g/mol. The van der Waals surface area contributed by atoms with Gasteiger partial charge in [0.2, 0.25) is 5.91 Å². The molecule has 0 atom stereocenters. The van der Waals surface area contributed by atoms with Crippen LogP contribution in [-0.4, -0.2) is 53.4 Å². The molecule has 34 heavy (non-hydrogen) atoms. The summed E-state index contributed by atoms with van der Waals surface area (Å²) in [5, 5.41) is 4.29. The number of nitrogens with zero attached hydrogens (tertiary/aromatic N) is 4. The van der Waals surface area contributed by atoms with E-state index >= 15 is 0 Å². The molecule has 0 aliphatic carbocycles. The Morgan fingerprint density at radius 2 is 1.68 bits per heavy atom. The normalized spacial score (nSPS) is 11.1. The fourth-order valence-electron chi connectivity index (χ4n) is 3.77. The van der Waals surface area contributed by atoms with Gasteiger partial charge in [0.25, 0.3) is 0 Å². The van der Waals surface area contributed by atoms with Crippen molar-refractivity contribution in [2.75, 3.05) is 33.0 Å². The smallest absolute Gasteiger partial charge is 0.236 e. The number of anilines is 1. The van der Waals surface area contributed by atoms with Crippen molar-refractivity contribution >= 4 is 22.6 Å². The molecule has 0 bridgehead atoms. The second kappa shape index (κ2) is 10.4. The lowest BCUT2D eigenvalue weighted by atomic mass is 10.0. The lowest BCUT2D eigenvalue weighted by molar-refractivity contribution is -0.131. The maximum Gasteiger partial charge on any atom is 0.236 e. The molecule has 0 radical (unpaired) electrons. The van der Waals surface area contributed by atoms with E-state index in [0.717, 1.165) is 33.4 Å². The summed E-state index contributed by atoms with van der Waals surface area (Å²) in [6.07, 6.45) is 1.55. The third kappa shape index (κ3) is 5.55. The fraction of sp³-hybridized carbons (Fsp3) is 0.222. The van der Waals surface area contributed by atoms with Crippen LogP contribution in [-0.2, 0) is 17.9 Å². The van der Waals surface area contributed by atoms with Gasteiger partial charge in [0.15, 0.2) is 0 Å². The molecule has 0 saturated heterocycles. The Hall–Kier alpha value is -3.84. The minimum atomic E-state index is -0.331. The number of amides is 1. The summed E-state index contributed by atoms with van der Waals surface area (Å²) in [7, 11) is 5.36. The van der Waals surface area contributed by atoms with Crippen molar-refractivity contribution in [1.82, 2.24) is 19.8 Å². The van der Waals surface area contributed by atoms with Gasteiger partial charge in [0.05, 0.1) is 12.1 Å². The Bertz CT molecular complexity index is 1290. The van der Waals surface area contributed by atoms with Crippen molar-refractivity contribution in [1.29, 1.82) is 0 Å². The number of aromatic nitrogens is 2. The Kier molecular flexibility index (Phi) is 7.13. The van der Waals surface area contributed by atoms with Crippen molar-refractivity contribution in [2.45, 2.75) is 13.1 Å². The van der Waals surface area contributed by atoms with Crippen LogP contribution >= 0.6 is 0 Å². The maximum atomic E-state index is 14.6. The van der Waals surface area contributed by atoms with Crippen molar-refractivity contribution < 1.29 is 9.18 Å². The van der Waals surface area contributed by atoms with Crippen LogP contribution in [0, 0.1) is 5.82 Å². The molecule has 0 fully saturated rings. The van der Waals surface area contributed by atoms with E-state index in [9.17, 15) is 9.18 Å². The van der Waals surface area contributed by atoms with Crippen molar-refractivity contribution in [3.8, 4) is 11.1 Å². The molecule has 174 valence electrons. The molecule has 1 aromatic heterocycles. The summed E-state index contributed by atoms with van der Waals surface area (Å²) in [6, 6.07) is 21.0. The molecule has 1 heterocycles. The number of fused-ring (bicyclic) bond motifs is 1. The van der Waals surface area contributed by atoms with Gasteiger partial charge in [-0.2, -0.15) is 0 Å². The second-order valence-corrected chi connectivity index (χ2v) is 8.59. The fourth-order valence-corrected chi connectivity index (χ4v) is 3.77. The van der Waals surface area contributed by atoms with Gasteiger partial charge in [-0.3, -0.25) is 4.79 Å². The minimum absolute atomic E-state index is 0.0632. The Morgan fingerprint density at radius 1 is 0.941 bits per heavy atom. The van der Waals surface area contributed by atoms with E-state index in [0.29, 0.717) is 12.1 Å². The topological polar surface area (TPSA) is 61.4 Å². The second-order valence-electron chi connectivity index (χ2n) is 8.59. The highest BCUT2D eigenvalue weighted by molar-refractivity contribution is 5.92. The highest BCUT2D eigenvalue weighted by Gasteiger charge is 2.14. The first-order valence-electron chi connectivity index (χ1n) is 11.1. The number of carbonyl (C=O) groups is 1. The molecular formula is C27H28FN5O. The molecule has 0 spiro atoms. The summed E-state index contributed by atoms with van der Waals surface area (Å²) in [5.41, 5.74) is 4.24. The molecule has 0 unspecified atom stereocenters. The first-order chi connectivity index (χ1) is 16.4. The number of nitrogens with one attached hydrogen (secondary N) is 1. The van der Waals surface area contributed by atoms with E-state index in [1.54, 1.807) is 35.3 Å². The van der Waals surface area contributed by atoms with E-state index in [1.165, 1.54) is 6.07 Å². The maximum absolute atomic E-state index is 14.6. The number of carbonyl (C=O) groups excluding carboxylic acids is 1. The summed E-state index contributed by atoms with van der Waals surface area (Å²) in [6.45, 7) is 1.12. The zero-order valence-corrected chi connectivity index (χ0v) is 19.6. The zero-order valence-electron chi connectivity index (χ0n) is 19.6. The van der Waals surface area contributed by atoms with Crippen molar-refractivity contribution in [2.24, 2.45) is 0 Å². The number of benzene rings is 3. The Morgan fingerprint density at radius 3 is 2.44 bits per heavy atom. The summed E-state index contributed by atoms with van der Waals surface area (Å²) in [5.74, 6) is 0.349. The number of hydrogen-bond acceptors (Lipinski definition) is 5. The lowest BCUT2D eigenvalue weighted by Crippen LogP contribution is -2.34. The van der Waals surface area contributed by atoms with E-state index in [4.69, 9.17) is 0 Å². The number of rotatable bonds is 8. The standard InChI is InChI=1S/C27H28FN5O/c1-32(2)17-26(34)33(3)16-22-13-20(9-11-24(22)28)21-10-12-25-23(14-21)27(31-18-30-25)29-15-19-7-5-4-6-8-19/h4-14,18H,15-17H2,1-3H3,(H,29,30,31). The minimum Gasteiger partial charge on any atom is -0.365 e. The van der Waals surface area contributed by atoms with Gasteiger partial charge in [-0.15, -0.1) is 0 Å². The summed E-state index contributed by atoms with van der Waals surface area (Å²) < 4.78 is 14.6. The number of likely N-dealkylation sites (N-methyl/N-ethyl adjacent to an activating group) is 2. The van der Waals surface area contributed by atoms with Crippen LogP contribution in [0.2, 0.25) is 0 Å². The SMILES string of the molecule is CN(C)CC(=O)N(C)Cc1cc(-c2ccc3ncnc(NCc4ccccc4)c3c2)ccc1F. The molecular weight excluding hydrogens is 429 g/mol. The number of halogens is 1. The van der Waals surface area contributed by atoms with Gasteiger partial charge in [0.1, 0.15) is 18.0 Å². The lowest BCUT2D eigenvalue weighted by Gasteiger charge is -2.20. The predicted octanol–water partition coefficient (Wildman–Crippen LogP) is 4.57. The van der Waals surface area contributed by atoms with E-state index in [2.05, 4.69) is 27.4 Å². The largest absolute Gasteiger partial charge is 0.365 e. The molecule has 1 N–H and O–H groups in total. The van der Waals surface area contributed by atoms with Crippen LogP contribution in [0.25, 0.3) is 22.0 Å². The summed E-state index contributed by atoms with van der Waals surface area (Å²) in [4.78, 5) is 24.5. The van der Waals surface area contributed by atoms with E-state index in [-0.39, 0.29) is 24.8 Å². The van der Waals surface area contributed by atoms with E-state index < -0.39 is 0 Å². The third-order valence-electron chi connectivity index (χ3n) is 5.60. The first kappa shape index (κ1) is 23.3. The van der Waals surface area contributed by atoms with Crippen molar-refractivity contribution in [3.63, 3.8) is 0 Å². The quantitative estimate of drug-likeness (QED) is 0.420. The van der Waals surface area contributed by atoms with Gasteiger partial charge < -0.3 is 15.1 Å². The van der Waals surface area contributed by atoms with Crippen LogP contribution in [0.1, 0.15) is 11.1 Å². The van der Waals surface area contributed by atoms with Crippen LogP contribution < -0.4 is 5.32 Å². The van der Waals surface area contributed by atoms with Crippen LogP contribution in [0.5, 0.6) is 0 Å². The van der Waals surface area contributed by atoms with Crippen LogP contribution in [0.3, 0.4) is 0 Å². The van der Waals surface area contributed by atoms with Crippen molar-refractivity contribution in [3.05, 3.63) is 90.0 Å². The average Bonchev–Trinajstić information content (AvgIpc) is 2.84. The predicted molar refractivity (Wildman–Crippen MR) is 134 cm³/mol. The number of hydrogen-bond donors (Lipinski definition) is 1. The highest BCUT2D eigenvalue weighted by Crippen LogP contribution is 2.28. The molecule has 7 heteroatoms. The first-order valence-corrected chi connectivity index (χ1v) is 11.1. The zero-order chi connectivity index (χ0) is 24.1. The molecule has 0 aliphatic rings. The molecule has 4 aromatic rings. The van der Waals surface area contributed by atoms with Gasteiger partial charge in [0, 0.05) is 31.1 Å². The summed E-state index contributed by atoms with van der Waals surface area (Å²) >= 11 is 0. The van der Waals surface area contributed by atoms with Gasteiger partial charge in [-0.25, -0.2) is 14.4 Å². The molecule has 3 aromatic carbocycles. The van der Waals surface area contributed by atoms with Crippen LogP contribution in [0.15, 0.2) is 73.1 Å². The Balaban J connectivity index is 1.60. The monoisotopic (exact) mass is 457 g/mol. The van der Waals surface area contributed by atoms with E-state index in [1.807, 2.05) is 50.5 Å². The molecule has 0 aliphatic heterocycles. The molecule has 6 nitrogen and oxygen atoms in total. The van der Waals surface area contributed by atoms with Gasteiger partial charge in [-0.05, 0) is 55.1 Å². The highest BCUT2D eigenvalue weighted by atomic mass is 19.1. The third-order valence-corrected chi connectivity index (χ3v) is 5.60. The molecule has 4 rings (SSSR count). The Labute approximate surface area is 199 Å². The van der Waals surface area contributed by atoms with Crippen LogP contribution in [0.4, 0.5) is 10.2 Å². The molecule has 1 amide bonds. The van der Waals surface area contributed by atoms with Gasteiger partial charge in [-0.1, -0.05) is 42.5 Å². The molecule has 0 saturated carbocycles. The van der Waals surface area contributed by atoms with Gasteiger partial charge >= 0.3 is 0 Å².